The van der Waals surface area contributed by atoms with Gasteiger partial charge in [0, 0.05) is 0 Å². The lowest BCUT2D eigenvalue weighted by molar-refractivity contribution is -0.137. The molecule has 0 radical (unpaired) electrons. The van der Waals surface area contributed by atoms with Crippen molar-refractivity contribution >= 4 is 0 Å². The van der Waals surface area contributed by atoms with Crippen molar-refractivity contribution in [2.45, 2.75) is 39.0 Å². The Kier molecular flexibility index (Phi) is 3.85. The van der Waals surface area contributed by atoms with E-state index in [1.807, 2.05) is 12.1 Å². The molecule has 2 aromatic carbocycles. The van der Waals surface area contributed by atoms with Crippen molar-refractivity contribution in [2.24, 2.45) is 0 Å². The van der Waals surface area contributed by atoms with Crippen LogP contribution in [0.15, 0.2) is 36.4 Å². The number of benzene rings is 2. The zero-order valence-electron chi connectivity index (χ0n) is 12.3. The van der Waals surface area contributed by atoms with Crippen LogP contribution in [0.3, 0.4) is 0 Å². The fraction of sp³-hybridized carbons (Fsp3) is 0.333. The number of ether oxygens (including phenoxy) is 1. The van der Waals surface area contributed by atoms with Crippen molar-refractivity contribution in [1.29, 1.82) is 0 Å². The van der Waals surface area contributed by atoms with E-state index in [2.05, 4.69) is 6.07 Å². The minimum absolute atomic E-state index is 0.154. The topological polar surface area (TPSA) is 9.23 Å². The molecule has 0 heterocycles. The number of hydrogen-bond donors (Lipinski definition) is 0. The number of alkyl halides is 3. The van der Waals surface area contributed by atoms with Crippen LogP contribution in [0.25, 0.3) is 0 Å². The first-order chi connectivity index (χ1) is 10.4. The third kappa shape index (κ3) is 3.11. The van der Waals surface area contributed by atoms with E-state index in [1.54, 1.807) is 13.0 Å². The van der Waals surface area contributed by atoms with Gasteiger partial charge in [0.2, 0.25) is 0 Å². The summed E-state index contributed by atoms with van der Waals surface area (Å²) in [6.45, 7) is 1.82. The molecule has 4 heteroatoms. The minimum atomic E-state index is -4.32. The second kappa shape index (κ2) is 5.67. The van der Waals surface area contributed by atoms with Gasteiger partial charge in [0.05, 0.1) is 5.56 Å². The van der Waals surface area contributed by atoms with Gasteiger partial charge < -0.3 is 4.74 Å². The van der Waals surface area contributed by atoms with Gasteiger partial charge in [-0.05, 0) is 61.1 Å². The van der Waals surface area contributed by atoms with Crippen LogP contribution in [-0.4, -0.2) is 0 Å². The summed E-state index contributed by atoms with van der Waals surface area (Å²) in [6.07, 6.45) is -1.19. The smallest absolute Gasteiger partial charge is 0.416 e. The number of hydrogen-bond acceptors (Lipinski definition) is 1. The molecule has 1 aliphatic carbocycles. The molecule has 1 aliphatic rings. The van der Waals surface area contributed by atoms with Gasteiger partial charge in [0.1, 0.15) is 12.4 Å². The van der Waals surface area contributed by atoms with E-state index < -0.39 is 11.7 Å². The molecular formula is C18H17F3O. The maximum absolute atomic E-state index is 12.9. The number of fused-ring (bicyclic) bond motifs is 1. The standard InChI is InChI=1S/C18H17F3O/c1-12-8-13(10-15(9-12)18(19,20)21)11-22-17-7-3-5-14-4-2-6-16(14)17/h3,5,7-10H,2,4,6,11H2,1H3. The van der Waals surface area contributed by atoms with Gasteiger partial charge >= 0.3 is 6.18 Å². The minimum Gasteiger partial charge on any atom is -0.489 e. The highest BCUT2D eigenvalue weighted by molar-refractivity contribution is 5.43. The highest BCUT2D eigenvalue weighted by Gasteiger charge is 2.30. The molecule has 0 N–H and O–H groups in total. The summed E-state index contributed by atoms with van der Waals surface area (Å²) in [5.41, 5.74) is 3.00. The first-order valence-corrected chi connectivity index (χ1v) is 7.35. The molecule has 3 rings (SSSR count). The van der Waals surface area contributed by atoms with Gasteiger partial charge in [-0.15, -0.1) is 0 Å². The second-order valence-corrected chi connectivity index (χ2v) is 5.74. The highest BCUT2D eigenvalue weighted by atomic mass is 19.4. The molecule has 0 amide bonds. The molecule has 0 aliphatic heterocycles. The highest BCUT2D eigenvalue weighted by Crippen LogP contribution is 2.33. The Morgan fingerprint density at radius 3 is 2.68 bits per heavy atom. The number of rotatable bonds is 3. The van der Waals surface area contributed by atoms with Crippen LogP contribution in [0.4, 0.5) is 13.2 Å². The maximum atomic E-state index is 12.9. The van der Waals surface area contributed by atoms with E-state index in [0.29, 0.717) is 11.1 Å². The molecule has 0 unspecified atom stereocenters. The predicted octanol–water partition coefficient (Wildman–Crippen LogP) is 5.08. The van der Waals surface area contributed by atoms with Gasteiger partial charge in [-0.3, -0.25) is 0 Å². The van der Waals surface area contributed by atoms with Gasteiger partial charge in [-0.1, -0.05) is 23.8 Å². The van der Waals surface area contributed by atoms with E-state index in [1.165, 1.54) is 11.1 Å². The Morgan fingerprint density at radius 1 is 1.09 bits per heavy atom. The maximum Gasteiger partial charge on any atom is 0.416 e. The van der Waals surface area contributed by atoms with Gasteiger partial charge in [-0.25, -0.2) is 0 Å². The lowest BCUT2D eigenvalue weighted by Gasteiger charge is -2.13. The molecule has 0 aromatic heterocycles. The Labute approximate surface area is 127 Å². The molecule has 116 valence electrons. The zero-order valence-corrected chi connectivity index (χ0v) is 12.3. The largest absolute Gasteiger partial charge is 0.489 e. The zero-order chi connectivity index (χ0) is 15.7. The lowest BCUT2D eigenvalue weighted by Crippen LogP contribution is -2.07. The summed E-state index contributed by atoms with van der Waals surface area (Å²) in [7, 11) is 0. The lowest BCUT2D eigenvalue weighted by atomic mass is 10.1. The monoisotopic (exact) mass is 306 g/mol. The molecule has 1 nitrogen and oxygen atoms in total. The van der Waals surface area contributed by atoms with E-state index in [0.717, 1.165) is 37.1 Å². The fourth-order valence-corrected chi connectivity index (χ4v) is 2.99. The van der Waals surface area contributed by atoms with Gasteiger partial charge in [0.25, 0.3) is 0 Å². The second-order valence-electron chi connectivity index (χ2n) is 5.74. The van der Waals surface area contributed by atoms with E-state index in [-0.39, 0.29) is 6.61 Å². The first-order valence-electron chi connectivity index (χ1n) is 7.35. The summed E-state index contributed by atoms with van der Waals surface area (Å²) in [5, 5.41) is 0. The summed E-state index contributed by atoms with van der Waals surface area (Å²) in [6, 6.07) is 9.98. The molecule has 0 atom stereocenters. The Bertz CT molecular complexity index is 689. The average Bonchev–Trinajstić information content (AvgIpc) is 2.92. The van der Waals surface area contributed by atoms with Crippen LogP contribution in [0, 0.1) is 6.92 Å². The van der Waals surface area contributed by atoms with Crippen LogP contribution >= 0.6 is 0 Å². The summed E-state index contributed by atoms with van der Waals surface area (Å²) >= 11 is 0. The van der Waals surface area contributed by atoms with Crippen LogP contribution in [0.1, 0.15) is 34.2 Å². The quantitative estimate of drug-likeness (QED) is 0.768. The van der Waals surface area contributed by atoms with Crippen molar-refractivity contribution in [3.8, 4) is 5.75 Å². The number of aryl methyl sites for hydroxylation is 2. The molecular weight excluding hydrogens is 289 g/mol. The first kappa shape index (κ1) is 14.9. The molecule has 22 heavy (non-hydrogen) atoms. The van der Waals surface area contributed by atoms with E-state index in [9.17, 15) is 13.2 Å². The van der Waals surface area contributed by atoms with Crippen molar-refractivity contribution in [3.05, 3.63) is 64.2 Å². The average molecular weight is 306 g/mol. The Balaban J connectivity index is 1.80. The van der Waals surface area contributed by atoms with Crippen LogP contribution in [0.2, 0.25) is 0 Å². The third-order valence-electron chi connectivity index (χ3n) is 3.96. The van der Waals surface area contributed by atoms with E-state index in [4.69, 9.17) is 4.74 Å². The molecule has 0 saturated carbocycles. The van der Waals surface area contributed by atoms with Crippen molar-refractivity contribution < 1.29 is 17.9 Å². The van der Waals surface area contributed by atoms with Crippen molar-refractivity contribution in [3.63, 3.8) is 0 Å². The molecule has 0 spiro atoms. The van der Waals surface area contributed by atoms with Crippen molar-refractivity contribution in [2.75, 3.05) is 0 Å². The van der Waals surface area contributed by atoms with Gasteiger partial charge in [-0.2, -0.15) is 13.2 Å². The van der Waals surface area contributed by atoms with Crippen LogP contribution in [0.5, 0.6) is 5.75 Å². The predicted molar refractivity (Wildman–Crippen MR) is 79.0 cm³/mol. The molecule has 0 bridgehead atoms. The summed E-state index contributed by atoms with van der Waals surface area (Å²) < 4.78 is 44.3. The summed E-state index contributed by atoms with van der Waals surface area (Å²) in [4.78, 5) is 0. The van der Waals surface area contributed by atoms with E-state index >= 15 is 0 Å². The Morgan fingerprint density at radius 2 is 1.91 bits per heavy atom. The molecule has 0 fully saturated rings. The Hall–Kier alpha value is -1.97. The fourth-order valence-electron chi connectivity index (χ4n) is 2.99. The number of halogens is 3. The molecule has 0 saturated heterocycles. The normalized spacial score (nSPS) is 14.0. The SMILES string of the molecule is Cc1cc(COc2cccc3c2CCC3)cc(C(F)(F)F)c1. The van der Waals surface area contributed by atoms with Crippen LogP contribution in [-0.2, 0) is 25.6 Å². The molecule has 2 aromatic rings. The van der Waals surface area contributed by atoms with Gasteiger partial charge in [0.15, 0.2) is 0 Å². The summed E-state index contributed by atoms with van der Waals surface area (Å²) in [5.74, 6) is 0.796. The van der Waals surface area contributed by atoms with Crippen LogP contribution < -0.4 is 4.74 Å². The third-order valence-corrected chi connectivity index (χ3v) is 3.96. The van der Waals surface area contributed by atoms with Crippen molar-refractivity contribution in [1.82, 2.24) is 0 Å².